The molecule has 0 unspecified atom stereocenters. The third-order valence-electron chi connectivity index (χ3n) is 4.16. The molecule has 1 aromatic carbocycles. The molecule has 112 valence electrons. The highest BCUT2D eigenvalue weighted by molar-refractivity contribution is 5.86. The smallest absolute Gasteiger partial charge is 0.190 e. The Morgan fingerprint density at radius 3 is 2.95 bits per heavy atom. The number of hydrogen-bond donors (Lipinski definition) is 3. The van der Waals surface area contributed by atoms with Crippen LogP contribution in [0, 0.1) is 12.8 Å². The molecule has 3 N–H and O–H groups in total. The van der Waals surface area contributed by atoms with E-state index in [0.29, 0.717) is 0 Å². The van der Waals surface area contributed by atoms with Gasteiger partial charge in [0.1, 0.15) is 0 Å². The SMILES string of the molecule is CN=C(NCCc1c[nH]c2cccc(C)c12)NCC1CC1. The van der Waals surface area contributed by atoms with Crippen LogP contribution in [-0.2, 0) is 6.42 Å². The topological polar surface area (TPSA) is 52.2 Å². The zero-order valence-electron chi connectivity index (χ0n) is 12.9. The fraction of sp³-hybridized carbons (Fsp3) is 0.471. The van der Waals surface area contributed by atoms with Crippen LogP contribution in [0.4, 0.5) is 0 Å². The summed E-state index contributed by atoms with van der Waals surface area (Å²) in [7, 11) is 1.83. The molecule has 1 fully saturated rings. The lowest BCUT2D eigenvalue weighted by Crippen LogP contribution is -2.39. The zero-order valence-corrected chi connectivity index (χ0v) is 12.9. The largest absolute Gasteiger partial charge is 0.361 e. The Balaban J connectivity index is 1.56. The predicted octanol–water partition coefficient (Wildman–Crippen LogP) is 2.59. The minimum atomic E-state index is 0.861. The number of fused-ring (bicyclic) bond motifs is 1. The minimum absolute atomic E-state index is 0.861. The van der Waals surface area contributed by atoms with Gasteiger partial charge in [-0.1, -0.05) is 12.1 Å². The molecule has 3 rings (SSSR count). The van der Waals surface area contributed by atoms with Crippen LogP contribution in [-0.4, -0.2) is 31.1 Å². The normalized spacial score (nSPS) is 15.4. The standard InChI is InChI=1S/C17H24N4/c1-12-4-3-5-15-16(12)14(11-20-15)8-9-19-17(18-2)21-10-13-6-7-13/h3-5,11,13,20H,6-10H2,1-2H3,(H2,18,19,21). The first-order valence-electron chi connectivity index (χ1n) is 7.78. The molecule has 0 amide bonds. The number of guanidine groups is 1. The van der Waals surface area contributed by atoms with E-state index in [2.05, 4.69) is 51.9 Å². The summed E-state index contributed by atoms with van der Waals surface area (Å²) >= 11 is 0. The lowest BCUT2D eigenvalue weighted by molar-refractivity contribution is 0.735. The number of aromatic amines is 1. The highest BCUT2D eigenvalue weighted by Gasteiger charge is 2.20. The Bertz CT molecular complexity index is 637. The third kappa shape index (κ3) is 3.38. The highest BCUT2D eigenvalue weighted by Crippen LogP contribution is 2.27. The summed E-state index contributed by atoms with van der Waals surface area (Å²) < 4.78 is 0. The van der Waals surface area contributed by atoms with Crippen molar-refractivity contribution in [3.8, 4) is 0 Å². The molecule has 0 aliphatic heterocycles. The average molecular weight is 284 g/mol. The van der Waals surface area contributed by atoms with E-state index in [4.69, 9.17) is 0 Å². The van der Waals surface area contributed by atoms with Crippen molar-refractivity contribution < 1.29 is 0 Å². The fourth-order valence-corrected chi connectivity index (χ4v) is 2.75. The molecule has 0 bridgehead atoms. The number of benzene rings is 1. The van der Waals surface area contributed by atoms with Crippen LogP contribution in [0.15, 0.2) is 29.4 Å². The second kappa shape index (κ2) is 6.20. The van der Waals surface area contributed by atoms with Crippen LogP contribution >= 0.6 is 0 Å². The summed E-state index contributed by atoms with van der Waals surface area (Å²) in [6, 6.07) is 6.40. The van der Waals surface area contributed by atoms with E-state index in [9.17, 15) is 0 Å². The van der Waals surface area contributed by atoms with E-state index in [1.807, 2.05) is 7.05 Å². The summed E-state index contributed by atoms with van der Waals surface area (Å²) in [5, 5.41) is 8.15. The lowest BCUT2D eigenvalue weighted by atomic mass is 10.1. The number of hydrogen-bond acceptors (Lipinski definition) is 1. The summed E-state index contributed by atoms with van der Waals surface area (Å²) in [6.07, 6.45) is 5.84. The molecule has 4 heteroatoms. The number of rotatable bonds is 5. The van der Waals surface area contributed by atoms with Crippen LogP contribution in [0.2, 0.25) is 0 Å². The predicted molar refractivity (Wildman–Crippen MR) is 88.8 cm³/mol. The van der Waals surface area contributed by atoms with Crippen LogP contribution in [0.5, 0.6) is 0 Å². The second-order valence-corrected chi connectivity index (χ2v) is 5.88. The van der Waals surface area contributed by atoms with Crippen molar-refractivity contribution in [3.05, 3.63) is 35.5 Å². The number of aromatic nitrogens is 1. The Labute approximate surface area is 126 Å². The maximum atomic E-state index is 4.27. The van der Waals surface area contributed by atoms with Gasteiger partial charge in [-0.15, -0.1) is 0 Å². The van der Waals surface area contributed by atoms with E-state index in [0.717, 1.165) is 31.4 Å². The first kappa shape index (κ1) is 14.0. The second-order valence-electron chi connectivity index (χ2n) is 5.88. The van der Waals surface area contributed by atoms with Gasteiger partial charge in [0.15, 0.2) is 5.96 Å². The number of nitrogens with one attached hydrogen (secondary N) is 3. The van der Waals surface area contributed by atoms with E-state index < -0.39 is 0 Å². The minimum Gasteiger partial charge on any atom is -0.361 e. The summed E-state index contributed by atoms with van der Waals surface area (Å²) in [6.45, 7) is 4.11. The number of aliphatic imine (C=N–C) groups is 1. The van der Waals surface area contributed by atoms with Crippen molar-refractivity contribution in [2.45, 2.75) is 26.2 Å². The maximum Gasteiger partial charge on any atom is 0.190 e. The van der Waals surface area contributed by atoms with E-state index in [1.54, 1.807) is 0 Å². The van der Waals surface area contributed by atoms with Gasteiger partial charge < -0.3 is 15.6 Å². The van der Waals surface area contributed by atoms with Gasteiger partial charge in [-0.3, -0.25) is 4.99 Å². The number of H-pyrrole nitrogens is 1. The molecule has 0 atom stereocenters. The van der Waals surface area contributed by atoms with Crippen molar-refractivity contribution in [1.29, 1.82) is 0 Å². The van der Waals surface area contributed by atoms with Gasteiger partial charge >= 0.3 is 0 Å². The molecular weight excluding hydrogens is 260 g/mol. The van der Waals surface area contributed by atoms with Crippen LogP contribution in [0.3, 0.4) is 0 Å². The monoisotopic (exact) mass is 284 g/mol. The molecule has 1 aromatic heterocycles. The van der Waals surface area contributed by atoms with E-state index in [1.165, 1.54) is 34.9 Å². The summed E-state index contributed by atoms with van der Waals surface area (Å²) in [5.41, 5.74) is 3.93. The molecule has 1 aliphatic carbocycles. The molecule has 4 nitrogen and oxygen atoms in total. The number of nitrogens with zero attached hydrogens (tertiary/aromatic N) is 1. The van der Waals surface area contributed by atoms with Crippen molar-refractivity contribution in [2.24, 2.45) is 10.9 Å². The van der Waals surface area contributed by atoms with Crippen LogP contribution in [0.1, 0.15) is 24.0 Å². The Hall–Kier alpha value is -1.97. The quantitative estimate of drug-likeness (QED) is 0.584. The molecule has 0 saturated heterocycles. The van der Waals surface area contributed by atoms with Gasteiger partial charge in [-0.2, -0.15) is 0 Å². The summed E-state index contributed by atoms with van der Waals surface area (Å²) in [4.78, 5) is 7.63. The molecule has 1 saturated carbocycles. The maximum absolute atomic E-state index is 4.27. The Morgan fingerprint density at radius 2 is 2.19 bits per heavy atom. The molecule has 0 spiro atoms. The van der Waals surface area contributed by atoms with Crippen LogP contribution in [0.25, 0.3) is 10.9 Å². The Morgan fingerprint density at radius 1 is 1.33 bits per heavy atom. The zero-order chi connectivity index (χ0) is 14.7. The lowest BCUT2D eigenvalue weighted by Gasteiger charge is -2.11. The van der Waals surface area contributed by atoms with Crippen molar-refractivity contribution in [1.82, 2.24) is 15.6 Å². The molecular formula is C17H24N4. The first-order chi connectivity index (χ1) is 10.3. The van der Waals surface area contributed by atoms with Gasteiger partial charge in [0.2, 0.25) is 0 Å². The average Bonchev–Trinajstić information content (AvgIpc) is 3.22. The van der Waals surface area contributed by atoms with Gasteiger partial charge in [0.25, 0.3) is 0 Å². The van der Waals surface area contributed by atoms with Gasteiger partial charge in [-0.05, 0) is 49.3 Å². The highest BCUT2D eigenvalue weighted by atomic mass is 15.2. The van der Waals surface area contributed by atoms with Gasteiger partial charge in [0.05, 0.1) is 0 Å². The first-order valence-corrected chi connectivity index (χ1v) is 7.78. The van der Waals surface area contributed by atoms with Crippen LogP contribution < -0.4 is 10.6 Å². The van der Waals surface area contributed by atoms with Crippen molar-refractivity contribution in [2.75, 3.05) is 20.1 Å². The summed E-state index contributed by atoms with van der Waals surface area (Å²) in [5.74, 6) is 1.78. The van der Waals surface area contributed by atoms with Crippen molar-refractivity contribution in [3.63, 3.8) is 0 Å². The molecule has 2 aromatic rings. The van der Waals surface area contributed by atoms with Gasteiger partial charge in [0, 0.05) is 37.2 Å². The number of aryl methyl sites for hydroxylation is 1. The van der Waals surface area contributed by atoms with E-state index >= 15 is 0 Å². The molecule has 0 radical (unpaired) electrons. The molecule has 1 heterocycles. The molecule has 21 heavy (non-hydrogen) atoms. The van der Waals surface area contributed by atoms with Crippen molar-refractivity contribution >= 4 is 16.9 Å². The fourth-order valence-electron chi connectivity index (χ4n) is 2.75. The Kier molecular flexibility index (Phi) is 4.13. The molecule has 1 aliphatic rings. The van der Waals surface area contributed by atoms with Gasteiger partial charge in [-0.25, -0.2) is 0 Å². The van der Waals surface area contributed by atoms with E-state index in [-0.39, 0.29) is 0 Å². The third-order valence-corrected chi connectivity index (χ3v) is 4.16.